The highest BCUT2D eigenvalue weighted by molar-refractivity contribution is 7.15. The Morgan fingerprint density at radius 2 is 2.41 bits per heavy atom. The van der Waals surface area contributed by atoms with Crippen molar-refractivity contribution >= 4 is 17.2 Å². The fourth-order valence-electron chi connectivity index (χ4n) is 2.88. The summed E-state index contributed by atoms with van der Waals surface area (Å²) in [5.74, 6) is 0.894. The van der Waals surface area contributed by atoms with Crippen LogP contribution in [0.15, 0.2) is 22.8 Å². The first kappa shape index (κ1) is 15.2. The van der Waals surface area contributed by atoms with Crippen molar-refractivity contribution in [3.8, 4) is 10.8 Å². The standard InChI is InChI=1S/C16H20N2O3S/c1-10-14(18-16(22-10)13-6-3-7-21-13)15(20)17-9-11-4-2-5-12(19)8-11/h3,6-7,11-12,19H,2,4-5,8-9H2,1H3,(H,17,20). The van der Waals surface area contributed by atoms with Crippen LogP contribution in [0.1, 0.15) is 41.0 Å². The molecule has 0 aromatic carbocycles. The number of aryl methyl sites for hydroxylation is 1. The SMILES string of the molecule is Cc1sc(-c2ccco2)nc1C(=O)NCC1CCCC(O)C1. The highest BCUT2D eigenvalue weighted by Gasteiger charge is 2.22. The number of rotatable bonds is 4. The molecule has 0 spiro atoms. The van der Waals surface area contributed by atoms with E-state index in [1.54, 1.807) is 12.3 Å². The molecule has 2 unspecified atom stereocenters. The van der Waals surface area contributed by atoms with Gasteiger partial charge in [0.15, 0.2) is 10.8 Å². The Morgan fingerprint density at radius 1 is 1.55 bits per heavy atom. The molecule has 1 amide bonds. The lowest BCUT2D eigenvalue weighted by Gasteiger charge is -2.25. The third kappa shape index (κ3) is 3.39. The first-order valence-electron chi connectivity index (χ1n) is 7.61. The summed E-state index contributed by atoms with van der Waals surface area (Å²) in [6, 6.07) is 3.64. The van der Waals surface area contributed by atoms with Crippen molar-refractivity contribution in [3.63, 3.8) is 0 Å². The zero-order chi connectivity index (χ0) is 15.5. The molecule has 22 heavy (non-hydrogen) atoms. The van der Waals surface area contributed by atoms with Crippen LogP contribution in [0.2, 0.25) is 0 Å². The molecule has 0 aliphatic heterocycles. The lowest BCUT2D eigenvalue weighted by Crippen LogP contribution is -2.33. The van der Waals surface area contributed by atoms with Gasteiger partial charge in [-0.2, -0.15) is 0 Å². The molecule has 5 nitrogen and oxygen atoms in total. The van der Waals surface area contributed by atoms with Crippen LogP contribution >= 0.6 is 11.3 Å². The molecule has 1 aliphatic carbocycles. The van der Waals surface area contributed by atoms with Crippen LogP contribution in [0.25, 0.3) is 10.8 Å². The lowest BCUT2D eigenvalue weighted by molar-refractivity contribution is 0.0870. The molecular weight excluding hydrogens is 300 g/mol. The quantitative estimate of drug-likeness (QED) is 0.908. The average molecular weight is 320 g/mol. The number of nitrogens with one attached hydrogen (secondary N) is 1. The molecule has 2 N–H and O–H groups in total. The van der Waals surface area contributed by atoms with Crippen molar-refractivity contribution in [2.24, 2.45) is 5.92 Å². The van der Waals surface area contributed by atoms with Crippen molar-refractivity contribution in [2.75, 3.05) is 6.54 Å². The maximum Gasteiger partial charge on any atom is 0.271 e. The highest BCUT2D eigenvalue weighted by Crippen LogP contribution is 2.28. The maximum atomic E-state index is 12.3. The van der Waals surface area contributed by atoms with Crippen molar-refractivity contribution in [1.82, 2.24) is 10.3 Å². The largest absolute Gasteiger partial charge is 0.462 e. The molecule has 1 saturated carbocycles. The summed E-state index contributed by atoms with van der Waals surface area (Å²) in [5, 5.41) is 13.4. The Hall–Kier alpha value is -1.66. The molecule has 2 aromatic heterocycles. The van der Waals surface area contributed by atoms with Crippen LogP contribution in [0.3, 0.4) is 0 Å². The Balaban J connectivity index is 1.62. The van der Waals surface area contributed by atoms with Crippen molar-refractivity contribution in [2.45, 2.75) is 38.7 Å². The predicted molar refractivity (Wildman–Crippen MR) is 84.9 cm³/mol. The van der Waals surface area contributed by atoms with Gasteiger partial charge in [0.25, 0.3) is 5.91 Å². The summed E-state index contributed by atoms with van der Waals surface area (Å²) in [4.78, 5) is 17.6. The molecule has 2 heterocycles. The Bertz CT molecular complexity index is 636. The first-order chi connectivity index (χ1) is 10.6. The summed E-state index contributed by atoms with van der Waals surface area (Å²) in [5.41, 5.74) is 0.466. The molecule has 2 atom stereocenters. The predicted octanol–water partition coefficient (Wildman–Crippen LogP) is 2.99. The molecule has 1 aliphatic rings. The number of carbonyl (C=O) groups is 1. The van der Waals surface area contributed by atoms with E-state index in [1.165, 1.54) is 11.3 Å². The molecule has 0 saturated heterocycles. The summed E-state index contributed by atoms with van der Waals surface area (Å²) in [7, 11) is 0. The van der Waals surface area contributed by atoms with E-state index >= 15 is 0 Å². The third-order valence-electron chi connectivity index (χ3n) is 4.05. The van der Waals surface area contributed by atoms with Gasteiger partial charge in [0.05, 0.1) is 12.4 Å². The minimum absolute atomic E-state index is 0.147. The molecule has 0 bridgehead atoms. The number of aliphatic hydroxyl groups excluding tert-OH is 1. The van der Waals surface area contributed by atoms with Gasteiger partial charge in [-0.15, -0.1) is 11.3 Å². The molecule has 118 valence electrons. The van der Waals surface area contributed by atoms with Crippen LogP contribution < -0.4 is 5.32 Å². The second kappa shape index (κ2) is 6.62. The zero-order valence-corrected chi connectivity index (χ0v) is 13.4. The number of hydrogen-bond acceptors (Lipinski definition) is 5. The maximum absolute atomic E-state index is 12.3. The van der Waals surface area contributed by atoms with Gasteiger partial charge in [0.2, 0.25) is 0 Å². The number of aliphatic hydroxyl groups is 1. The second-order valence-electron chi connectivity index (χ2n) is 5.80. The van der Waals surface area contributed by atoms with E-state index in [0.717, 1.165) is 35.6 Å². The van der Waals surface area contributed by atoms with Crippen LogP contribution in [-0.2, 0) is 0 Å². The normalized spacial score (nSPS) is 21.7. The highest BCUT2D eigenvalue weighted by atomic mass is 32.1. The smallest absolute Gasteiger partial charge is 0.271 e. The van der Waals surface area contributed by atoms with E-state index in [1.807, 2.05) is 13.0 Å². The summed E-state index contributed by atoms with van der Waals surface area (Å²) in [6.07, 6.45) is 5.11. The summed E-state index contributed by atoms with van der Waals surface area (Å²) < 4.78 is 5.32. The van der Waals surface area contributed by atoms with E-state index in [2.05, 4.69) is 10.3 Å². The minimum Gasteiger partial charge on any atom is -0.462 e. The van der Waals surface area contributed by atoms with Crippen LogP contribution in [0.4, 0.5) is 0 Å². The van der Waals surface area contributed by atoms with Crippen LogP contribution in [0, 0.1) is 12.8 Å². The monoisotopic (exact) mass is 320 g/mol. The minimum atomic E-state index is -0.220. The lowest BCUT2D eigenvalue weighted by atomic mass is 9.87. The number of amides is 1. The molecule has 1 fully saturated rings. The number of nitrogens with zero attached hydrogens (tertiary/aromatic N) is 1. The van der Waals surface area contributed by atoms with Gasteiger partial charge in [0, 0.05) is 11.4 Å². The summed E-state index contributed by atoms with van der Waals surface area (Å²) >= 11 is 1.46. The zero-order valence-electron chi connectivity index (χ0n) is 12.5. The number of carbonyl (C=O) groups excluding carboxylic acids is 1. The van der Waals surface area contributed by atoms with Gasteiger partial charge in [-0.1, -0.05) is 6.42 Å². The van der Waals surface area contributed by atoms with Gasteiger partial charge in [-0.25, -0.2) is 4.98 Å². The summed E-state index contributed by atoms with van der Waals surface area (Å²) in [6.45, 7) is 2.49. The molecule has 2 aromatic rings. The molecule has 3 rings (SSSR count). The number of hydrogen-bond donors (Lipinski definition) is 2. The molecular formula is C16H20N2O3S. The fraction of sp³-hybridized carbons (Fsp3) is 0.500. The number of furan rings is 1. The van der Waals surface area contributed by atoms with Crippen molar-refractivity contribution in [3.05, 3.63) is 29.0 Å². The van der Waals surface area contributed by atoms with Gasteiger partial charge in [0.1, 0.15) is 5.69 Å². The fourth-order valence-corrected chi connectivity index (χ4v) is 3.76. The Labute approximate surface area is 133 Å². The van der Waals surface area contributed by atoms with Crippen LogP contribution in [0.5, 0.6) is 0 Å². The van der Waals surface area contributed by atoms with E-state index in [0.29, 0.717) is 23.9 Å². The molecule has 0 radical (unpaired) electrons. The van der Waals surface area contributed by atoms with E-state index in [9.17, 15) is 9.90 Å². The average Bonchev–Trinajstić information content (AvgIpc) is 3.14. The first-order valence-corrected chi connectivity index (χ1v) is 8.42. The third-order valence-corrected chi connectivity index (χ3v) is 5.04. The Kier molecular flexibility index (Phi) is 4.59. The Morgan fingerprint density at radius 3 is 3.14 bits per heavy atom. The topological polar surface area (TPSA) is 75.4 Å². The van der Waals surface area contributed by atoms with E-state index in [4.69, 9.17) is 4.42 Å². The van der Waals surface area contributed by atoms with Crippen LogP contribution in [-0.4, -0.2) is 28.6 Å². The van der Waals surface area contributed by atoms with Gasteiger partial charge in [-0.05, 0) is 44.2 Å². The van der Waals surface area contributed by atoms with Crippen molar-refractivity contribution in [1.29, 1.82) is 0 Å². The van der Waals surface area contributed by atoms with Gasteiger partial charge >= 0.3 is 0 Å². The van der Waals surface area contributed by atoms with E-state index < -0.39 is 0 Å². The van der Waals surface area contributed by atoms with Crippen molar-refractivity contribution < 1.29 is 14.3 Å². The number of aromatic nitrogens is 1. The van der Waals surface area contributed by atoms with Gasteiger partial charge < -0.3 is 14.8 Å². The number of thiazole rings is 1. The van der Waals surface area contributed by atoms with E-state index in [-0.39, 0.29) is 12.0 Å². The molecule has 6 heteroatoms. The second-order valence-corrected chi connectivity index (χ2v) is 7.00. The van der Waals surface area contributed by atoms with Gasteiger partial charge in [-0.3, -0.25) is 4.79 Å².